The van der Waals surface area contributed by atoms with E-state index >= 15 is 0 Å². The Bertz CT molecular complexity index is 496. The largest absolute Gasteiger partial charge is 0.454 e. The molecule has 1 aromatic carbocycles. The fourth-order valence-electron chi connectivity index (χ4n) is 2.05. The van der Waals surface area contributed by atoms with Crippen molar-refractivity contribution in [2.24, 2.45) is 0 Å². The molecule has 1 aliphatic heterocycles. The van der Waals surface area contributed by atoms with Crippen LogP contribution in [0, 0.1) is 0 Å². The van der Waals surface area contributed by atoms with Gasteiger partial charge in [-0.1, -0.05) is 19.6 Å². The van der Waals surface area contributed by atoms with Crippen molar-refractivity contribution in [1.29, 1.82) is 0 Å². The first-order valence-corrected chi connectivity index (χ1v) is 9.92. The average Bonchev–Trinajstić information content (AvgIpc) is 2.82. The summed E-state index contributed by atoms with van der Waals surface area (Å²) in [5.41, 5.74) is 0.682. The van der Waals surface area contributed by atoms with Gasteiger partial charge in [-0.2, -0.15) is 0 Å². The Morgan fingerprint density at radius 1 is 1.26 bits per heavy atom. The molecule has 0 N–H and O–H groups in total. The third-order valence-electron chi connectivity index (χ3n) is 3.68. The Balaban J connectivity index is 2.20. The zero-order valence-electron chi connectivity index (χ0n) is 12.2. The second-order valence-electron chi connectivity index (χ2n) is 5.89. The first-order chi connectivity index (χ1) is 8.80. The van der Waals surface area contributed by atoms with Gasteiger partial charge < -0.3 is 14.0 Å². The van der Waals surface area contributed by atoms with Crippen LogP contribution in [0.1, 0.15) is 17.3 Å². The molecule has 2 rings (SSSR count). The molecule has 0 bridgehead atoms. The van der Waals surface area contributed by atoms with Crippen LogP contribution in [0.2, 0.25) is 19.6 Å². The SMILES string of the molecule is CC(C(=O)c1ccc2c(c1)OCO2)N(C)[Si](C)(C)C. The Morgan fingerprint density at radius 2 is 1.89 bits per heavy atom. The third kappa shape index (κ3) is 2.82. The standard InChI is InChI=1S/C14H21NO3Si/c1-10(15(2)19(3,4)5)14(16)11-6-7-12-13(8-11)18-9-17-12/h6-8,10H,9H2,1-5H3. The summed E-state index contributed by atoms with van der Waals surface area (Å²) in [4.78, 5) is 12.5. The molecule has 0 spiro atoms. The van der Waals surface area contributed by atoms with Gasteiger partial charge in [0.15, 0.2) is 17.3 Å². The summed E-state index contributed by atoms with van der Waals surface area (Å²) < 4.78 is 12.8. The van der Waals surface area contributed by atoms with Gasteiger partial charge in [-0.25, -0.2) is 0 Å². The lowest BCUT2D eigenvalue weighted by atomic mass is 10.1. The summed E-state index contributed by atoms with van der Waals surface area (Å²) in [5, 5.41) is 0. The number of carbonyl (C=O) groups is 1. The van der Waals surface area contributed by atoms with E-state index < -0.39 is 8.24 Å². The average molecular weight is 279 g/mol. The van der Waals surface area contributed by atoms with Crippen LogP contribution in [0.25, 0.3) is 0 Å². The molecule has 5 heteroatoms. The Kier molecular flexibility index (Phi) is 3.69. The molecule has 1 aromatic rings. The van der Waals surface area contributed by atoms with E-state index in [1.807, 2.05) is 20.0 Å². The van der Waals surface area contributed by atoms with Crippen molar-refractivity contribution in [3.8, 4) is 11.5 Å². The summed E-state index contributed by atoms with van der Waals surface area (Å²) in [6.07, 6.45) is 0. The predicted molar refractivity (Wildman–Crippen MR) is 77.5 cm³/mol. The smallest absolute Gasteiger partial charge is 0.231 e. The van der Waals surface area contributed by atoms with E-state index in [9.17, 15) is 4.79 Å². The Hall–Kier alpha value is -1.33. The molecule has 1 unspecified atom stereocenters. The fraction of sp³-hybridized carbons (Fsp3) is 0.500. The van der Waals surface area contributed by atoms with Crippen LogP contribution in [0.15, 0.2) is 18.2 Å². The van der Waals surface area contributed by atoms with E-state index in [0.717, 1.165) is 0 Å². The van der Waals surface area contributed by atoms with Crippen molar-refractivity contribution >= 4 is 14.0 Å². The maximum atomic E-state index is 12.5. The van der Waals surface area contributed by atoms with Crippen molar-refractivity contribution in [2.75, 3.05) is 13.8 Å². The van der Waals surface area contributed by atoms with Gasteiger partial charge in [0, 0.05) is 5.56 Å². The van der Waals surface area contributed by atoms with Crippen LogP contribution < -0.4 is 9.47 Å². The first kappa shape index (κ1) is 14.1. The van der Waals surface area contributed by atoms with Crippen molar-refractivity contribution in [3.05, 3.63) is 23.8 Å². The molecule has 19 heavy (non-hydrogen) atoms. The predicted octanol–water partition coefficient (Wildman–Crippen LogP) is 2.75. The highest BCUT2D eigenvalue weighted by atomic mass is 28.3. The normalized spacial score (nSPS) is 15.7. The van der Waals surface area contributed by atoms with Crippen LogP contribution >= 0.6 is 0 Å². The molecular formula is C14H21NO3Si. The highest BCUT2D eigenvalue weighted by molar-refractivity contribution is 6.73. The summed E-state index contributed by atoms with van der Waals surface area (Å²) in [6, 6.07) is 5.27. The summed E-state index contributed by atoms with van der Waals surface area (Å²) >= 11 is 0. The molecule has 4 nitrogen and oxygen atoms in total. The van der Waals surface area contributed by atoms with E-state index in [0.29, 0.717) is 17.1 Å². The van der Waals surface area contributed by atoms with Crippen LogP contribution in [-0.4, -0.2) is 38.5 Å². The number of Topliss-reactive ketones (excluding diaryl/α,β-unsaturated/α-hetero) is 1. The number of nitrogens with zero attached hydrogens (tertiary/aromatic N) is 1. The maximum absolute atomic E-state index is 12.5. The topological polar surface area (TPSA) is 38.8 Å². The number of ether oxygens (including phenoxy) is 2. The van der Waals surface area contributed by atoms with Gasteiger partial charge in [-0.05, 0) is 32.2 Å². The number of hydrogen-bond acceptors (Lipinski definition) is 4. The fourth-order valence-corrected chi connectivity index (χ4v) is 3.33. The van der Waals surface area contributed by atoms with Crippen LogP contribution in [0.5, 0.6) is 11.5 Å². The third-order valence-corrected chi connectivity index (χ3v) is 6.18. The van der Waals surface area contributed by atoms with Crippen molar-refractivity contribution in [2.45, 2.75) is 32.6 Å². The number of benzene rings is 1. The molecule has 0 aromatic heterocycles. The van der Waals surface area contributed by atoms with Gasteiger partial charge in [-0.15, -0.1) is 0 Å². The lowest BCUT2D eigenvalue weighted by Crippen LogP contribution is -2.51. The van der Waals surface area contributed by atoms with E-state index in [4.69, 9.17) is 9.47 Å². The quantitative estimate of drug-likeness (QED) is 0.627. The van der Waals surface area contributed by atoms with Crippen molar-refractivity contribution < 1.29 is 14.3 Å². The van der Waals surface area contributed by atoms with Crippen molar-refractivity contribution in [3.63, 3.8) is 0 Å². The highest BCUT2D eigenvalue weighted by Crippen LogP contribution is 2.33. The van der Waals surface area contributed by atoms with Gasteiger partial charge in [-0.3, -0.25) is 4.79 Å². The number of ketones is 1. The minimum atomic E-state index is -1.48. The van der Waals surface area contributed by atoms with Gasteiger partial charge in [0.05, 0.1) is 6.04 Å². The molecule has 0 radical (unpaired) electrons. The van der Waals surface area contributed by atoms with Crippen LogP contribution in [-0.2, 0) is 0 Å². The lowest BCUT2D eigenvalue weighted by Gasteiger charge is -2.34. The molecule has 0 fully saturated rings. The zero-order chi connectivity index (χ0) is 14.2. The van der Waals surface area contributed by atoms with Gasteiger partial charge in [0.2, 0.25) is 6.79 Å². The van der Waals surface area contributed by atoms with Crippen LogP contribution in [0.4, 0.5) is 0 Å². The van der Waals surface area contributed by atoms with Gasteiger partial charge in [0.25, 0.3) is 0 Å². The second kappa shape index (κ2) is 4.98. The summed E-state index contributed by atoms with van der Waals surface area (Å²) in [6.45, 7) is 8.89. The minimum Gasteiger partial charge on any atom is -0.454 e. The summed E-state index contributed by atoms with van der Waals surface area (Å²) in [5.74, 6) is 1.50. The zero-order valence-corrected chi connectivity index (χ0v) is 13.2. The monoisotopic (exact) mass is 279 g/mol. The van der Waals surface area contributed by atoms with Gasteiger partial charge in [0.1, 0.15) is 8.24 Å². The molecule has 0 saturated heterocycles. The van der Waals surface area contributed by atoms with E-state index in [-0.39, 0.29) is 18.6 Å². The minimum absolute atomic E-state index is 0.118. The first-order valence-electron chi connectivity index (χ1n) is 6.47. The molecule has 1 atom stereocenters. The molecule has 0 saturated carbocycles. The molecule has 0 amide bonds. The lowest BCUT2D eigenvalue weighted by molar-refractivity contribution is 0.0915. The second-order valence-corrected chi connectivity index (χ2v) is 10.9. The number of likely N-dealkylation sites (N-methyl/N-ethyl adjacent to an activating group) is 1. The molecule has 0 aliphatic carbocycles. The number of fused-ring (bicyclic) bond motifs is 1. The van der Waals surface area contributed by atoms with E-state index in [1.54, 1.807) is 12.1 Å². The number of rotatable bonds is 4. The van der Waals surface area contributed by atoms with E-state index in [1.165, 1.54) is 0 Å². The molecular weight excluding hydrogens is 258 g/mol. The Labute approximate surface area is 115 Å². The molecule has 104 valence electrons. The maximum Gasteiger partial charge on any atom is 0.231 e. The molecule has 1 heterocycles. The van der Waals surface area contributed by atoms with Crippen molar-refractivity contribution in [1.82, 2.24) is 4.57 Å². The van der Waals surface area contributed by atoms with Gasteiger partial charge >= 0.3 is 0 Å². The van der Waals surface area contributed by atoms with E-state index in [2.05, 4.69) is 24.2 Å². The molecule has 1 aliphatic rings. The number of hydrogen-bond donors (Lipinski definition) is 0. The number of carbonyl (C=O) groups excluding carboxylic acids is 1. The summed E-state index contributed by atoms with van der Waals surface area (Å²) in [7, 11) is 0.546. The Morgan fingerprint density at radius 3 is 2.53 bits per heavy atom. The highest BCUT2D eigenvalue weighted by Gasteiger charge is 2.29. The van der Waals surface area contributed by atoms with Crippen LogP contribution in [0.3, 0.4) is 0 Å².